The number of halogens is 3. The Balaban J connectivity index is 2.06. The highest BCUT2D eigenvalue weighted by Gasteiger charge is 2.31. The molecule has 0 atom stereocenters. The van der Waals surface area contributed by atoms with E-state index in [1.165, 1.54) is 42.5 Å². The number of carbonyl (C=O) groups is 1. The smallest absolute Gasteiger partial charge is 0.467 e. The highest BCUT2D eigenvalue weighted by atomic mass is 19.4. The maximum Gasteiger partial charge on any atom is 0.573 e. The molecule has 0 aliphatic rings. The predicted molar refractivity (Wildman–Crippen MR) is 75.5 cm³/mol. The summed E-state index contributed by atoms with van der Waals surface area (Å²) in [4.78, 5) is 13.6. The van der Waals surface area contributed by atoms with Crippen molar-refractivity contribution < 1.29 is 27.1 Å². The number of alkyl halides is 3. The van der Waals surface area contributed by atoms with Crippen molar-refractivity contribution in [1.82, 2.24) is 4.90 Å². The van der Waals surface area contributed by atoms with Crippen molar-refractivity contribution in [3.63, 3.8) is 0 Å². The first-order valence-electron chi connectivity index (χ1n) is 6.66. The van der Waals surface area contributed by atoms with Gasteiger partial charge in [-0.25, -0.2) is 0 Å². The number of nitrogens with zero attached hydrogens (tertiary/aromatic N) is 1. The minimum absolute atomic E-state index is 0.122. The molecule has 0 fully saturated rings. The zero-order valence-electron chi connectivity index (χ0n) is 12.3. The van der Waals surface area contributed by atoms with E-state index >= 15 is 0 Å². The minimum atomic E-state index is -4.75. The van der Waals surface area contributed by atoms with Gasteiger partial charge in [-0.3, -0.25) is 4.79 Å². The fourth-order valence-corrected chi connectivity index (χ4v) is 2.01. The molecular formula is C15H15F3N2O3. The average molecular weight is 328 g/mol. The molecule has 0 aliphatic carbocycles. The second kappa shape index (κ2) is 6.74. The van der Waals surface area contributed by atoms with Crippen LogP contribution in [-0.4, -0.2) is 24.2 Å². The van der Waals surface area contributed by atoms with Crippen LogP contribution in [0, 0.1) is 0 Å². The summed E-state index contributed by atoms with van der Waals surface area (Å²) in [6.45, 7) is 0.296. The summed E-state index contributed by atoms with van der Waals surface area (Å²) < 4.78 is 45.6. The molecule has 2 rings (SSSR count). The molecule has 0 unspecified atom stereocenters. The fraction of sp³-hybridized carbons (Fsp3) is 0.267. The molecule has 124 valence electrons. The van der Waals surface area contributed by atoms with Gasteiger partial charge < -0.3 is 19.8 Å². The lowest BCUT2D eigenvalue weighted by Gasteiger charge is -2.17. The molecule has 0 aliphatic heterocycles. The number of rotatable bonds is 5. The zero-order chi connectivity index (χ0) is 17.0. The lowest BCUT2D eigenvalue weighted by molar-refractivity contribution is -0.274. The molecule has 0 saturated carbocycles. The van der Waals surface area contributed by atoms with Crippen molar-refractivity contribution in [2.24, 2.45) is 5.73 Å². The van der Waals surface area contributed by atoms with Gasteiger partial charge in [0, 0.05) is 13.6 Å². The van der Waals surface area contributed by atoms with Crippen LogP contribution in [0.1, 0.15) is 21.7 Å². The van der Waals surface area contributed by atoms with Crippen molar-refractivity contribution in [3.05, 3.63) is 53.5 Å². The Bertz CT molecular complexity index is 683. The van der Waals surface area contributed by atoms with Gasteiger partial charge in [-0.2, -0.15) is 0 Å². The largest absolute Gasteiger partial charge is 0.573 e. The number of nitrogens with two attached hydrogens (primary N) is 1. The van der Waals surface area contributed by atoms with Crippen molar-refractivity contribution in [2.75, 3.05) is 7.05 Å². The highest BCUT2D eigenvalue weighted by Crippen LogP contribution is 2.24. The lowest BCUT2D eigenvalue weighted by Crippen LogP contribution is -2.26. The number of carbonyl (C=O) groups excluding carboxylic acids is 1. The Morgan fingerprint density at radius 2 is 2.09 bits per heavy atom. The summed E-state index contributed by atoms with van der Waals surface area (Å²) in [5, 5.41) is 0. The first-order chi connectivity index (χ1) is 10.8. The molecular weight excluding hydrogens is 313 g/mol. The number of furan rings is 1. The van der Waals surface area contributed by atoms with Crippen LogP contribution >= 0.6 is 0 Å². The van der Waals surface area contributed by atoms with Gasteiger partial charge in [0.15, 0.2) is 0 Å². The summed E-state index contributed by atoms with van der Waals surface area (Å²) >= 11 is 0. The van der Waals surface area contributed by atoms with Crippen LogP contribution in [0.4, 0.5) is 13.2 Å². The maximum atomic E-state index is 12.2. The minimum Gasteiger partial charge on any atom is -0.467 e. The number of hydrogen-bond donors (Lipinski definition) is 1. The SMILES string of the molecule is CN(Cc1cccc(OC(F)(F)F)c1)C(=O)c1coc(CN)c1. The average Bonchev–Trinajstić information content (AvgIpc) is 2.93. The van der Waals surface area contributed by atoms with E-state index in [4.69, 9.17) is 10.2 Å². The molecule has 0 spiro atoms. The second-order valence-electron chi connectivity index (χ2n) is 4.86. The summed E-state index contributed by atoms with van der Waals surface area (Å²) in [5.74, 6) is -0.178. The third-order valence-corrected chi connectivity index (χ3v) is 3.00. The van der Waals surface area contributed by atoms with Crippen LogP contribution in [0.2, 0.25) is 0 Å². The van der Waals surface area contributed by atoms with Gasteiger partial charge in [0.25, 0.3) is 5.91 Å². The van der Waals surface area contributed by atoms with E-state index in [-0.39, 0.29) is 24.7 Å². The molecule has 1 amide bonds. The van der Waals surface area contributed by atoms with E-state index in [1.54, 1.807) is 6.07 Å². The highest BCUT2D eigenvalue weighted by molar-refractivity contribution is 5.93. The topological polar surface area (TPSA) is 68.7 Å². The van der Waals surface area contributed by atoms with Crippen molar-refractivity contribution in [3.8, 4) is 5.75 Å². The van der Waals surface area contributed by atoms with Crippen LogP contribution in [0.3, 0.4) is 0 Å². The Morgan fingerprint density at radius 1 is 1.35 bits per heavy atom. The summed E-state index contributed by atoms with van der Waals surface area (Å²) in [6, 6.07) is 7.00. The monoisotopic (exact) mass is 328 g/mol. The van der Waals surface area contributed by atoms with Gasteiger partial charge in [-0.1, -0.05) is 12.1 Å². The van der Waals surface area contributed by atoms with Gasteiger partial charge in [0.05, 0.1) is 12.1 Å². The van der Waals surface area contributed by atoms with Crippen LogP contribution < -0.4 is 10.5 Å². The number of hydrogen-bond acceptors (Lipinski definition) is 4. The summed E-state index contributed by atoms with van der Waals surface area (Å²) in [7, 11) is 1.54. The number of amides is 1. The van der Waals surface area contributed by atoms with Crippen LogP contribution in [0.5, 0.6) is 5.75 Å². The molecule has 0 bridgehead atoms. The van der Waals surface area contributed by atoms with Crippen molar-refractivity contribution >= 4 is 5.91 Å². The molecule has 5 nitrogen and oxygen atoms in total. The van der Waals surface area contributed by atoms with E-state index in [1.807, 2.05) is 0 Å². The van der Waals surface area contributed by atoms with Crippen molar-refractivity contribution in [2.45, 2.75) is 19.5 Å². The fourth-order valence-electron chi connectivity index (χ4n) is 2.01. The number of benzene rings is 1. The molecule has 2 aromatic rings. The standard InChI is InChI=1S/C15H15F3N2O3/c1-20(14(21)11-6-13(7-19)22-9-11)8-10-3-2-4-12(5-10)23-15(16,17)18/h2-6,9H,7-8,19H2,1H3. The normalized spacial score (nSPS) is 11.3. The maximum absolute atomic E-state index is 12.2. The second-order valence-corrected chi connectivity index (χ2v) is 4.86. The molecule has 1 heterocycles. The Kier molecular flexibility index (Phi) is 4.95. The molecule has 1 aromatic carbocycles. The van der Waals surface area contributed by atoms with Gasteiger partial charge in [0.1, 0.15) is 17.8 Å². The zero-order valence-corrected chi connectivity index (χ0v) is 12.3. The Hall–Kier alpha value is -2.48. The Labute approximate surface area is 130 Å². The van der Waals surface area contributed by atoms with E-state index in [0.717, 1.165) is 0 Å². The van der Waals surface area contributed by atoms with Crippen LogP contribution in [-0.2, 0) is 13.1 Å². The van der Waals surface area contributed by atoms with E-state index in [0.29, 0.717) is 16.9 Å². The molecule has 23 heavy (non-hydrogen) atoms. The molecule has 8 heteroatoms. The van der Waals surface area contributed by atoms with Gasteiger partial charge in [-0.15, -0.1) is 13.2 Å². The van der Waals surface area contributed by atoms with E-state index in [9.17, 15) is 18.0 Å². The lowest BCUT2D eigenvalue weighted by atomic mass is 10.2. The van der Waals surface area contributed by atoms with Gasteiger partial charge >= 0.3 is 6.36 Å². The van der Waals surface area contributed by atoms with Gasteiger partial charge in [-0.05, 0) is 23.8 Å². The van der Waals surface area contributed by atoms with Gasteiger partial charge in [0.2, 0.25) is 0 Å². The van der Waals surface area contributed by atoms with E-state index < -0.39 is 6.36 Å². The van der Waals surface area contributed by atoms with Crippen molar-refractivity contribution in [1.29, 1.82) is 0 Å². The Morgan fingerprint density at radius 3 is 2.70 bits per heavy atom. The molecule has 1 aromatic heterocycles. The third kappa shape index (κ3) is 4.75. The molecule has 2 N–H and O–H groups in total. The summed E-state index contributed by atoms with van der Waals surface area (Å²) in [5.41, 5.74) is 6.24. The first kappa shape index (κ1) is 16.9. The summed E-state index contributed by atoms with van der Waals surface area (Å²) in [6.07, 6.45) is -3.46. The predicted octanol–water partition coefficient (Wildman–Crippen LogP) is 2.91. The third-order valence-electron chi connectivity index (χ3n) is 3.00. The quantitative estimate of drug-likeness (QED) is 0.916. The van der Waals surface area contributed by atoms with E-state index in [2.05, 4.69) is 4.74 Å². The van der Waals surface area contributed by atoms with Crippen LogP contribution in [0.15, 0.2) is 41.0 Å². The molecule has 0 saturated heterocycles. The van der Waals surface area contributed by atoms with Crippen LogP contribution in [0.25, 0.3) is 0 Å². The first-order valence-corrected chi connectivity index (χ1v) is 6.66. The molecule has 0 radical (unpaired) electrons. The number of ether oxygens (including phenoxy) is 1.